The third kappa shape index (κ3) is 426. The molecule has 0 bridgehead atoms. The fourth-order valence-corrected chi connectivity index (χ4v) is 0. The Kier molecular flexibility index (Phi) is 8.49. The molecule has 8 heavy (non-hydrogen) atoms. The predicted octanol–water partition coefficient (Wildman–Crippen LogP) is -0.429. The Morgan fingerprint density at radius 1 is 1.75 bits per heavy atom. The van der Waals surface area contributed by atoms with E-state index in [1.165, 1.54) is 6.92 Å². The predicted molar refractivity (Wildman–Crippen MR) is 29.6 cm³/mol. The minimum Gasteiger partial charge on any atom is -0.388 e. The molecule has 0 aliphatic carbocycles. The van der Waals surface area contributed by atoms with Crippen molar-refractivity contribution in [3.63, 3.8) is 0 Å². The van der Waals surface area contributed by atoms with Crippen LogP contribution in [0.2, 0.25) is 0 Å². The Labute approximate surface area is 47.6 Å². The maximum Gasteiger partial charge on any atom is 0.692 e. The molecule has 0 aromatic rings. The third-order valence-corrected chi connectivity index (χ3v) is 0. The Balaban J connectivity index is 0. The summed E-state index contributed by atoms with van der Waals surface area (Å²) in [6.45, 7) is 1.53. The molecular weight excluding hydrogens is 131 g/mol. The Bertz CT molecular complexity index is 73.3. The number of hydrogen-bond donors (Lipinski definition) is 4. The van der Waals surface area contributed by atoms with Crippen molar-refractivity contribution in [1.29, 1.82) is 5.41 Å². The van der Waals surface area contributed by atoms with E-state index in [2.05, 4.69) is 0 Å². The number of hydrogen-bond acceptors (Lipinski definition) is 2. The van der Waals surface area contributed by atoms with Crippen LogP contribution in [-0.2, 0) is 4.57 Å². The van der Waals surface area contributed by atoms with Gasteiger partial charge in [0.25, 0.3) is 0 Å². The van der Waals surface area contributed by atoms with Crippen LogP contribution < -0.4 is 5.73 Å². The van der Waals surface area contributed by atoms with Gasteiger partial charge in [0.2, 0.25) is 0 Å². The molecule has 5 N–H and O–H groups in total. The third-order valence-electron chi connectivity index (χ3n) is 0. The van der Waals surface area contributed by atoms with E-state index in [9.17, 15) is 0 Å². The van der Waals surface area contributed by atoms with Crippen molar-refractivity contribution in [3.8, 4) is 0 Å². The van der Waals surface area contributed by atoms with Crippen LogP contribution in [0.4, 0.5) is 0 Å². The Morgan fingerprint density at radius 3 is 1.75 bits per heavy atom. The van der Waals surface area contributed by atoms with Gasteiger partial charge in [-0.15, -0.1) is 9.79 Å². The molecule has 0 unspecified atom stereocenters. The first-order chi connectivity index (χ1) is 3.46. The van der Waals surface area contributed by atoms with Gasteiger partial charge in [-0.05, 0) is 6.92 Å². The molecule has 0 heterocycles. The van der Waals surface area contributed by atoms with Gasteiger partial charge in [-0.2, -0.15) is 0 Å². The molecule has 0 aromatic carbocycles. The van der Waals surface area contributed by atoms with E-state index in [-0.39, 0.29) is 5.84 Å². The smallest absolute Gasteiger partial charge is 0.388 e. The van der Waals surface area contributed by atoms with Gasteiger partial charge in [0.15, 0.2) is 0 Å². The molecule has 0 amide bonds. The summed E-state index contributed by atoms with van der Waals surface area (Å²) in [5, 5.41) is 6.28. The van der Waals surface area contributed by atoms with Gasteiger partial charge < -0.3 is 5.73 Å². The number of amidine groups is 1. The molecule has 0 aliphatic heterocycles. The molecule has 48 valence electrons. The fraction of sp³-hybridized carbons (Fsp3) is 0.500. The summed E-state index contributed by atoms with van der Waals surface area (Å²) in [5.74, 6) is 0.167. The Hall–Kier alpha value is -0.510. The van der Waals surface area contributed by atoms with Crippen LogP contribution in [-0.4, -0.2) is 15.6 Å². The van der Waals surface area contributed by atoms with E-state index in [0.29, 0.717) is 0 Å². The van der Waals surface area contributed by atoms with Crippen LogP contribution in [0.15, 0.2) is 0 Å². The van der Waals surface area contributed by atoms with E-state index < -0.39 is 8.25 Å². The SMILES string of the molecule is CC(=N)N.O=[P+](O)O. The minimum atomic E-state index is -2.87. The summed E-state index contributed by atoms with van der Waals surface area (Å²) in [6, 6.07) is 0. The van der Waals surface area contributed by atoms with E-state index in [0.717, 1.165) is 0 Å². The highest BCUT2D eigenvalue weighted by atomic mass is 31.1. The summed E-state index contributed by atoms with van der Waals surface area (Å²) in [5.41, 5.74) is 4.69. The highest BCUT2D eigenvalue weighted by Crippen LogP contribution is 1.98. The number of nitrogens with two attached hydrogens (primary N) is 1. The zero-order valence-corrected chi connectivity index (χ0v) is 5.22. The summed E-state index contributed by atoms with van der Waals surface area (Å²) in [4.78, 5) is 14.2. The quantitative estimate of drug-likeness (QED) is 0.207. The van der Waals surface area contributed by atoms with Crippen molar-refractivity contribution < 1.29 is 14.4 Å². The molecule has 0 aliphatic rings. The van der Waals surface area contributed by atoms with Crippen molar-refractivity contribution >= 4 is 14.1 Å². The van der Waals surface area contributed by atoms with Crippen LogP contribution in [0.25, 0.3) is 0 Å². The fourth-order valence-electron chi connectivity index (χ4n) is 0. The maximum absolute atomic E-state index is 8.70. The van der Waals surface area contributed by atoms with E-state index >= 15 is 0 Å². The molecule has 0 spiro atoms. The van der Waals surface area contributed by atoms with Crippen LogP contribution in [0, 0.1) is 5.41 Å². The summed E-state index contributed by atoms with van der Waals surface area (Å²) in [6.07, 6.45) is 0. The highest BCUT2D eigenvalue weighted by molar-refractivity contribution is 7.30. The lowest BCUT2D eigenvalue weighted by Gasteiger charge is -1.66. The van der Waals surface area contributed by atoms with Crippen molar-refractivity contribution in [2.24, 2.45) is 5.73 Å². The molecule has 5 nitrogen and oxygen atoms in total. The largest absolute Gasteiger partial charge is 0.692 e. The standard InChI is InChI=1S/C2H6N2.HO3P/c1-2(3)4;1-4(2)3/h1H3,(H3,3,4);(H-,1,2,3)/p+1. The van der Waals surface area contributed by atoms with Crippen molar-refractivity contribution in [2.45, 2.75) is 6.92 Å². The van der Waals surface area contributed by atoms with Crippen LogP contribution >= 0.6 is 8.25 Å². The van der Waals surface area contributed by atoms with E-state index in [1.807, 2.05) is 0 Å². The lowest BCUT2D eigenvalue weighted by atomic mass is 10.8. The first-order valence-corrected chi connectivity index (χ1v) is 2.79. The average molecular weight is 139 g/mol. The van der Waals surface area contributed by atoms with Crippen LogP contribution in [0.5, 0.6) is 0 Å². The highest BCUT2D eigenvalue weighted by Gasteiger charge is 1.93. The van der Waals surface area contributed by atoms with Gasteiger partial charge >= 0.3 is 8.25 Å². The van der Waals surface area contributed by atoms with Crippen molar-refractivity contribution in [1.82, 2.24) is 0 Å². The molecule has 0 saturated carbocycles. The topological polar surface area (TPSA) is 107 Å². The molecule has 0 atom stereocenters. The molecule has 0 rings (SSSR count). The van der Waals surface area contributed by atoms with Crippen LogP contribution in [0.1, 0.15) is 6.92 Å². The zero-order valence-electron chi connectivity index (χ0n) is 4.33. The van der Waals surface area contributed by atoms with Crippen molar-refractivity contribution in [2.75, 3.05) is 0 Å². The molecule has 0 radical (unpaired) electrons. The summed E-state index contributed by atoms with van der Waals surface area (Å²) >= 11 is 0. The second-order valence-corrected chi connectivity index (χ2v) is 1.44. The van der Waals surface area contributed by atoms with Crippen molar-refractivity contribution in [3.05, 3.63) is 0 Å². The van der Waals surface area contributed by atoms with Gasteiger partial charge in [0, 0.05) is 4.57 Å². The Morgan fingerprint density at radius 2 is 1.75 bits per heavy atom. The molecule has 0 fully saturated rings. The average Bonchev–Trinajstić information content (AvgIpc) is 1.25. The van der Waals surface area contributed by atoms with Gasteiger partial charge in [-0.3, -0.25) is 5.41 Å². The van der Waals surface area contributed by atoms with Gasteiger partial charge in [-0.25, -0.2) is 0 Å². The lowest BCUT2D eigenvalue weighted by molar-refractivity contribution is 0.405. The number of rotatable bonds is 0. The first-order valence-electron chi connectivity index (χ1n) is 1.62. The molecular formula is C2H8N2O3P+. The molecule has 6 heteroatoms. The maximum atomic E-state index is 8.70. The molecule has 0 saturated heterocycles. The van der Waals surface area contributed by atoms with Gasteiger partial charge in [-0.1, -0.05) is 0 Å². The van der Waals surface area contributed by atoms with E-state index in [4.69, 9.17) is 25.5 Å². The van der Waals surface area contributed by atoms with Crippen LogP contribution in [0.3, 0.4) is 0 Å². The van der Waals surface area contributed by atoms with E-state index in [1.54, 1.807) is 0 Å². The zero-order chi connectivity index (χ0) is 7.15. The second-order valence-electron chi connectivity index (χ2n) is 0.936. The summed E-state index contributed by atoms with van der Waals surface area (Å²) < 4.78 is 8.70. The van der Waals surface area contributed by atoms with Gasteiger partial charge in [0.05, 0.1) is 5.84 Å². The normalized spacial score (nSPS) is 6.38. The van der Waals surface area contributed by atoms with Gasteiger partial charge in [0.1, 0.15) is 0 Å². The second kappa shape index (κ2) is 6.49. The minimum absolute atomic E-state index is 0.167. The molecule has 0 aromatic heterocycles. The summed E-state index contributed by atoms with van der Waals surface area (Å²) in [7, 11) is -2.87. The number of nitrogens with one attached hydrogen (secondary N) is 1. The monoisotopic (exact) mass is 139 g/mol. The first kappa shape index (κ1) is 10.5. The lowest BCUT2D eigenvalue weighted by Crippen LogP contribution is -2.00.